The van der Waals surface area contributed by atoms with Crippen LogP contribution in [0.2, 0.25) is 10.0 Å². The van der Waals surface area contributed by atoms with Crippen LogP contribution in [-0.2, 0) is 4.74 Å². The third kappa shape index (κ3) is 4.92. The van der Waals surface area contributed by atoms with Gasteiger partial charge in [0.2, 0.25) is 0 Å². The normalized spacial score (nSPS) is 21.2. The SMILES string of the molecule is CC(C)(C)OC(=O)N1CCCC(N2c3ccc(Cl)cc3Sc3cc(Cl)ccc32)C(O)C1. The van der Waals surface area contributed by atoms with Crippen molar-refractivity contribution in [3.05, 3.63) is 46.4 Å². The number of benzene rings is 2. The molecule has 0 bridgehead atoms. The number of β-amino-alcohol motifs (C(OH)–C–C–N with tert-alkyl or cyclic N) is 1. The van der Waals surface area contributed by atoms with Crippen LogP contribution in [0.15, 0.2) is 46.2 Å². The Bertz CT molecular complexity index is 944. The number of carbonyl (C=O) groups excluding carboxylic acids is 1. The molecular formula is C23H26Cl2N2O3S. The van der Waals surface area contributed by atoms with Crippen molar-refractivity contribution in [2.45, 2.75) is 61.2 Å². The summed E-state index contributed by atoms with van der Waals surface area (Å²) in [5.74, 6) is 0. The Labute approximate surface area is 197 Å². The molecule has 31 heavy (non-hydrogen) atoms. The van der Waals surface area contributed by atoms with E-state index in [1.807, 2.05) is 57.2 Å². The zero-order chi connectivity index (χ0) is 22.3. The van der Waals surface area contributed by atoms with Gasteiger partial charge in [-0.2, -0.15) is 0 Å². The van der Waals surface area contributed by atoms with E-state index in [1.54, 1.807) is 16.7 Å². The second-order valence-corrected chi connectivity index (χ2v) is 10.9. The number of likely N-dealkylation sites (tertiary alicyclic amines) is 1. The molecule has 0 saturated carbocycles. The van der Waals surface area contributed by atoms with Crippen molar-refractivity contribution >= 4 is 52.4 Å². The molecule has 0 aliphatic carbocycles. The molecule has 2 atom stereocenters. The summed E-state index contributed by atoms with van der Waals surface area (Å²) < 4.78 is 5.53. The van der Waals surface area contributed by atoms with E-state index in [0.29, 0.717) is 16.6 Å². The number of hydrogen-bond donors (Lipinski definition) is 1. The highest BCUT2D eigenvalue weighted by Crippen LogP contribution is 2.51. The maximum Gasteiger partial charge on any atom is 0.410 e. The highest BCUT2D eigenvalue weighted by Gasteiger charge is 2.37. The van der Waals surface area contributed by atoms with Crippen LogP contribution in [0.25, 0.3) is 0 Å². The third-order valence-corrected chi connectivity index (χ3v) is 6.91. The van der Waals surface area contributed by atoms with Crippen molar-refractivity contribution in [3.8, 4) is 0 Å². The van der Waals surface area contributed by atoms with Crippen molar-refractivity contribution in [3.63, 3.8) is 0 Å². The number of amides is 1. The van der Waals surface area contributed by atoms with Crippen LogP contribution in [0.1, 0.15) is 33.6 Å². The lowest BCUT2D eigenvalue weighted by Gasteiger charge is -2.40. The van der Waals surface area contributed by atoms with Gasteiger partial charge in [-0.3, -0.25) is 0 Å². The fraction of sp³-hybridized carbons (Fsp3) is 0.435. The number of aliphatic hydroxyl groups is 1. The van der Waals surface area contributed by atoms with Crippen LogP contribution in [-0.4, -0.2) is 46.9 Å². The van der Waals surface area contributed by atoms with Gasteiger partial charge >= 0.3 is 6.09 Å². The van der Waals surface area contributed by atoms with Gasteiger partial charge in [-0.25, -0.2) is 4.79 Å². The van der Waals surface area contributed by atoms with Gasteiger partial charge in [0, 0.05) is 26.4 Å². The third-order valence-electron chi connectivity index (χ3n) is 5.35. The van der Waals surface area contributed by atoms with Gasteiger partial charge in [-0.15, -0.1) is 0 Å². The minimum atomic E-state index is -0.745. The molecule has 5 nitrogen and oxygen atoms in total. The Morgan fingerprint density at radius 2 is 1.68 bits per heavy atom. The average Bonchev–Trinajstić information content (AvgIpc) is 2.86. The highest BCUT2D eigenvalue weighted by molar-refractivity contribution is 7.99. The number of hydrogen-bond acceptors (Lipinski definition) is 5. The van der Waals surface area contributed by atoms with Gasteiger partial charge in [-0.1, -0.05) is 35.0 Å². The molecule has 0 aromatic heterocycles. The molecule has 2 unspecified atom stereocenters. The molecule has 2 heterocycles. The van der Waals surface area contributed by atoms with Crippen molar-refractivity contribution in [1.29, 1.82) is 0 Å². The highest BCUT2D eigenvalue weighted by atomic mass is 35.5. The summed E-state index contributed by atoms with van der Waals surface area (Å²) in [6.07, 6.45) is 0.358. The maximum atomic E-state index is 12.6. The van der Waals surface area contributed by atoms with Crippen molar-refractivity contribution in [1.82, 2.24) is 4.90 Å². The van der Waals surface area contributed by atoms with Gasteiger partial charge < -0.3 is 19.6 Å². The summed E-state index contributed by atoms with van der Waals surface area (Å²) >= 11 is 14.1. The Hall–Kier alpha value is -1.60. The Morgan fingerprint density at radius 1 is 1.10 bits per heavy atom. The van der Waals surface area contributed by atoms with E-state index in [0.717, 1.165) is 34.0 Å². The molecule has 2 aliphatic rings. The minimum Gasteiger partial charge on any atom is -0.444 e. The lowest BCUT2D eigenvalue weighted by atomic mass is 10.0. The largest absolute Gasteiger partial charge is 0.444 e. The second-order valence-electron chi connectivity index (χ2n) is 8.90. The van der Waals surface area contributed by atoms with E-state index in [1.165, 1.54) is 0 Å². The number of nitrogens with zero attached hydrogens (tertiary/aromatic N) is 2. The van der Waals surface area contributed by atoms with Gasteiger partial charge in [0.15, 0.2) is 0 Å². The average molecular weight is 481 g/mol. The Morgan fingerprint density at radius 3 is 2.23 bits per heavy atom. The van der Waals surface area contributed by atoms with Crippen LogP contribution in [0.5, 0.6) is 0 Å². The number of rotatable bonds is 1. The predicted molar refractivity (Wildman–Crippen MR) is 126 cm³/mol. The summed E-state index contributed by atoms with van der Waals surface area (Å²) in [4.78, 5) is 18.4. The Kier molecular flexibility index (Phi) is 6.37. The number of carbonyl (C=O) groups is 1. The number of ether oxygens (including phenoxy) is 1. The first-order valence-corrected chi connectivity index (χ1v) is 11.9. The summed E-state index contributed by atoms with van der Waals surface area (Å²) in [6, 6.07) is 11.4. The van der Waals surface area contributed by atoms with E-state index in [4.69, 9.17) is 27.9 Å². The molecular weight excluding hydrogens is 455 g/mol. The van der Waals surface area contributed by atoms with E-state index in [-0.39, 0.29) is 18.7 Å². The smallest absolute Gasteiger partial charge is 0.410 e. The number of halogens is 2. The quantitative estimate of drug-likeness (QED) is 0.514. The molecule has 2 aliphatic heterocycles. The molecule has 4 rings (SSSR count). The van der Waals surface area contributed by atoms with Gasteiger partial charge in [0.25, 0.3) is 0 Å². The predicted octanol–water partition coefficient (Wildman–Crippen LogP) is 6.36. The van der Waals surface area contributed by atoms with Crippen LogP contribution >= 0.6 is 35.0 Å². The van der Waals surface area contributed by atoms with Crippen molar-refractivity contribution in [2.75, 3.05) is 18.0 Å². The van der Waals surface area contributed by atoms with E-state index in [2.05, 4.69) is 4.90 Å². The number of anilines is 2. The van der Waals surface area contributed by atoms with Crippen LogP contribution < -0.4 is 4.90 Å². The van der Waals surface area contributed by atoms with Crippen LogP contribution in [0.3, 0.4) is 0 Å². The lowest BCUT2D eigenvalue weighted by molar-refractivity contribution is 0.0163. The van der Waals surface area contributed by atoms with Gasteiger partial charge in [0.05, 0.1) is 30.1 Å². The molecule has 1 amide bonds. The standard InChI is InChI=1S/C23H26Cl2N2O3S/c1-23(2,3)30-22(29)26-10-4-5-16(19(28)13-26)27-17-8-6-14(24)11-20(17)31-21-12-15(25)7-9-18(21)27/h6-9,11-12,16,19,28H,4-5,10,13H2,1-3H3. The molecule has 8 heteroatoms. The molecule has 1 fully saturated rings. The zero-order valence-corrected chi connectivity index (χ0v) is 20.1. The molecule has 1 saturated heterocycles. The summed E-state index contributed by atoms with van der Waals surface area (Å²) in [5.41, 5.74) is 1.42. The number of aliphatic hydroxyl groups excluding tert-OH is 1. The van der Waals surface area contributed by atoms with Crippen LogP contribution in [0.4, 0.5) is 16.2 Å². The minimum absolute atomic E-state index is 0.201. The number of fused-ring (bicyclic) bond motifs is 2. The molecule has 2 aromatic rings. The first kappa shape index (κ1) is 22.6. The Balaban J connectivity index is 1.67. The summed E-state index contributed by atoms with van der Waals surface area (Å²) in [5, 5.41) is 12.6. The molecule has 0 spiro atoms. The van der Waals surface area contributed by atoms with Crippen molar-refractivity contribution in [2.24, 2.45) is 0 Å². The molecule has 0 radical (unpaired) electrons. The van der Waals surface area contributed by atoms with Gasteiger partial charge in [-0.05, 0) is 70.0 Å². The summed E-state index contributed by atoms with van der Waals surface area (Å²) in [7, 11) is 0. The maximum absolute atomic E-state index is 12.6. The topological polar surface area (TPSA) is 53.0 Å². The van der Waals surface area contributed by atoms with E-state index in [9.17, 15) is 9.90 Å². The molecule has 1 N–H and O–H groups in total. The monoisotopic (exact) mass is 480 g/mol. The second kappa shape index (κ2) is 8.74. The van der Waals surface area contributed by atoms with E-state index >= 15 is 0 Å². The fourth-order valence-electron chi connectivity index (χ4n) is 4.06. The first-order chi connectivity index (χ1) is 14.6. The first-order valence-electron chi connectivity index (χ1n) is 10.3. The van der Waals surface area contributed by atoms with Crippen molar-refractivity contribution < 1.29 is 14.6 Å². The fourth-order valence-corrected chi connectivity index (χ4v) is 5.68. The molecule has 166 valence electrons. The van der Waals surface area contributed by atoms with Crippen LogP contribution in [0, 0.1) is 0 Å². The van der Waals surface area contributed by atoms with E-state index < -0.39 is 11.7 Å². The zero-order valence-electron chi connectivity index (χ0n) is 17.8. The van der Waals surface area contributed by atoms with Gasteiger partial charge in [0.1, 0.15) is 5.60 Å². The lowest BCUT2D eigenvalue weighted by Crippen LogP contribution is -2.47. The molecule has 2 aromatic carbocycles. The summed E-state index contributed by atoms with van der Waals surface area (Å²) in [6.45, 7) is 6.30.